The Kier molecular flexibility index (Phi) is 7.55. The van der Waals surface area contributed by atoms with Crippen LogP contribution in [0.3, 0.4) is 0 Å². The monoisotopic (exact) mass is 498 g/mol. The summed E-state index contributed by atoms with van der Waals surface area (Å²) in [6, 6.07) is 7.44. The second-order valence-electron chi connectivity index (χ2n) is 8.64. The number of imidazole rings is 1. The predicted octanol–water partition coefficient (Wildman–Crippen LogP) is 2.75. The molecule has 3 aromatic rings. The molecule has 1 aliphatic heterocycles. The number of hydrogen-bond donors (Lipinski definition) is 4. The number of ether oxygens (including phenoxy) is 2. The van der Waals surface area contributed by atoms with Gasteiger partial charge in [0.05, 0.1) is 35.7 Å². The quantitative estimate of drug-likeness (QED) is 0.349. The highest BCUT2D eigenvalue weighted by atomic mass is 19.1. The molecule has 0 radical (unpaired) electrons. The van der Waals surface area contributed by atoms with Crippen LogP contribution < -0.4 is 10.6 Å². The fourth-order valence-corrected chi connectivity index (χ4v) is 3.59. The Morgan fingerprint density at radius 1 is 1.19 bits per heavy atom. The largest absolute Gasteiger partial charge is 0.480 e. The lowest BCUT2D eigenvalue weighted by Gasteiger charge is -2.35. The molecule has 0 atom stereocenters. The summed E-state index contributed by atoms with van der Waals surface area (Å²) in [5, 5.41) is 14.4. The van der Waals surface area contributed by atoms with Crippen LogP contribution in [0.15, 0.2) is 36.5 Å². The molecule has 1 fully saturated rings. The lowest BCUT2D eigenvalue weighted by atomic mass is 9.91. The molecule has 2 aromatic heterocycles. The Morgan fingerprint density at radius 3 is 2.58 bits per heavy atom. The second-order valence-corrected chi connectivity index (χ2v) is 8.64. The number of aliphatic carboxylic acids is 1. The number of H-pyrrole nitrogens is 1. The van der Waals surface area contributed by atoms with E-state index in [0.29, 0.717) is 35.0 Å². The standard InChI is InChI=1S/C24H27FN6O5/c1-3-9-26-22(34)24(2)12-35-21(36-13-24)20-30-18(14-4-6-15(25)7-5-14)19(31-20)16-8-10-27-23(29-16)28-11-17(32)33/h4-8,10,21H,3,9,11-13H2,1-2H3,(H,26,34)(H,30,31)(H,32,33)(H,27,28,29). The minimum Gasteiger partial charge on any atom is -0.480 e. The number of carbonyl (C=O) groups is 2. The zero-order valence-corrected chi connectivity index (χ0v) is 19.9. The number of carboxylic acids is 1. The van der Waals surface area contributed by atoms with E-state index in [2.05, 4.69) is 30.6 Å². The molecule has 36 heavy (non-hydrogen) atoms. The maximum absolute atomic E-state index is 13.6. The molecule has 11 nitrogen and oxygen atoms in total. The molecular weight excluding hydrogens is 471 g/mol. The van der Waals surface area contributed by atoms with E-state index >= 15 is 0 Å². The summed E-state index contributed by atoms with van der Waals surface area (Å²) < 4.78 is 25.3. The number of halogens is 1. The molecule has 0 aliphatic carbocycles. The van der Waals surface area contributed by atoms with E-state index in [-0.39, 0.29) is 31.6 Å². The Bertz CT molecular complexity index is 1220. The summed E-state index contributed by atoms with van der Waals surface area (Å²) in [4.78, 5) is 39.7. The van der Waals surface area contributed by atoms with Gasteiger partial charge in [0, 0.05) is 18.3 Å². The first kappa shape index (κ1) is 25.2. The van der Waals surface area contributed by atoms with E-state index in [9.17, 15) is 14.0 Å². The lowest BCUT2D eigenvalue weighted by molar-refractivity contribution is -0.231. The van der Waals surface area contributed by atoms with Gasteiger partial charge < -0.3 is 30.2 Å². The van der Waals surface area contributed by atoms with E-state index in [1.54, 1.807) is 25.1 Å². The number of aromatic nitrogens is 4. The summed E-state index contributed by atoms with van der Waals surface area (Å²) in [6.45, 7) is 4.23. The third kappa shape index (κ3) is 5.66. The molecule has 4 rings (SSSR count). The van der Waals surface area contributed by atoms with Gasteiger partial charge in [-0.25, -0.2) is 19.3 Å². The molecule has 190 valence electrons. The first-order chi connectivity index (χ1) is 17.3. The minimum absolute atomic E-state index is 0.120. The third-order valence-electron chi connectivity index (χ3n) is 5.56. The summed E-state index contributed by atoms with van der Waals surface area (Å²) in [5.74, 6) is -1.12. The molecular formula is C24H27FN6O5. The van der Waals surface area contributed by atoms with Crippen molar-refractivity contribution >= 4 is 17.8 Å². The van der Waals surface area contributed by atoms with Crippen LogP contribution in [0, 0.1) is 11.2 Å². The van der Waals surface area contributed by atoms with Crippen LogP contribution >= 0.6 is 0 Å². The number of carbonyl (C=O) groups excluding carboxylic acids is 1. The van der Waals surface area contributed by atoms with Crippen molar-refractivity contribution < 1.29 is 28.6 Å². The fourth-order valence-electron chi connectivity index (χ4n) is 3.59. The molecule has 0 saturated carbocycles. The van der Waals surface area contributed by atoms with Crippen molar-refractivity contribution in [2.45, 2.75) is 26.6 Å². The molecule has 3 heterocycles. The number of rotatable bonds is 9. The highest BCUT2D eigenvalue weighted by Crippen LogP contribution is 2.35. The van der Waals surface area contributed by atoms with Crippen molar-refractivity contribution in [1.29, 1.82) is 0 Å². The van der Waals surface area contributed by atoms with Gasteiger partial charge in [-0.3, -0.25) is 9.59 Å². The van der Waals surface area contributed by atoms with Crippen LogP contribution in [0.5, 0.6) is 0 Å². The van der Waals surface area contributed by atoms with E-state index < -0.39 is 23.5 Å². The maximum atomic E-state index is 13.6. The van der Waals surface area contributed by atoms with Crippen LogP contribution in [0.4, 0.5) is 10.3 Å². The number of nitrogens with one attached hydrogen (secondary N) is 3. The van der Waals surface area contributed by atoms with Crippen molar-refractivity contribution in [3.63, 3.8) is 0 Å². The van der Waals surface area contributed by atoms with Crippen LogP contribution in [0.2, 0.25) is 0 Å². The van der Waals surface area contributed by atoms with Gasteiger partial charge in [0.2, 0.25) is 18.1 Å². The van der Waals surface area contributed by atoms with Crippen LogP contribution in [-0.2, 0) is 19.1 Å². The Balaban J connectivity index is 1.63. The summed E-state index contributed by atoms with van der Waals surface area (Å²) >= 11 is 0. The van der Waals surface area contributed by atoms with E-state index in [1.165, 1.54) is 18.3 Å². The topological polar surface area (TPSA) is 151 Å². The number of benzene rings is 1. The molecule has 0 bridgehead atoms. The predicted molar refractivity (Wildman–Crippen MR) is 127 cm³/mol. The van der Waals surface area contributed by atoms with Crippen molar-refractivity contribution in [2.24, 2.45) is 5.41 Å². The number of hydrogen-bond acceptors (Lipinski definition) is 8. The molecule has 12 heteroatoms. The Morgan fingerprint density at radius 2 is 1.92 bits per heavy atom. The molecule has 1 aromatic carbocycles. The molecule has 1 saturated heterocycles. The van der Waals surface area contributed by atoms with Crippen LogP contribution in [0.1, 0.15) is 32.4 Å². The van der Waals surface area contributed by atoms with E-state index in [0.717, 1.165) is 6.42 Å². The SMILES string of the molecule is CCCNC(=O)C1(C)COC(c2nc(-c3ccc(F)cc3)c(-c3ccnc(NCC(=O)O)n3)[nH]2)OC1. The summed E-state index contributed by atoms with van der Waals surface area (Å²) in [6.07, 6.45) is 1.44. The van der Waals surface area contributed by atoms with Gasteiger partial charge in [0.1, 0.15) is 12.4 Å². The molecule has 4 N–H and O–H groups in total. The third-order valence-corrected chi connectivity index (χ3v) is 5.56. The first-order valence-electron chi connectivity index (χ1n) is 11.5. The van der Waals surface area contributed by atoms with Crippen LogP contribution in [-0.4, -0.2) is 63.2 Å². The zero-order valence-electron chi connectivity index (χ0n) is 19.9. The highest BCUT2D eigenvalue weighted by Gasteiger charge is 2.40. The normalized spacial score (nSPS) is 19.6. The van der Waals surface area contributed by atoms with Crippen molar-refractivity contribution in [3.05, 3.63) is 48.2 Å². The maximum Gasteiger partial charge on any atom is 0.322 e. The van der Waals surface area contributed by atoms with Crippen molar-refractivity contribution in [3.8, 4) is 22.6 Å². The summed E-state index contributed by atoms with van der Waals surface area (Å²) in [5.41, 5.74) is 1.16. The van der Waals surface area contributed by atoms with Gasteiger partial charge in [0.15, 0.2) is 5.82 Å². The van der Waals surface area contributed by atoms with Gasteiger partial charge in [-0.1, -0.05) is 6.92 Å². The minimum atomic E-state index is -1.05. The van der Waals surface area contributed by atoms with Gasteiger partial charge in [-0.2, -0.15) is 0 Å². The zero-order chi connectivity index (χ0) is 25.7. The molecule has 1 amide bonds. The van der Waals surface area contributed by atoms with Gasteiger partial charge in [-0.15, -0.1) is 0 Å². The van der Waals surface area contributed by atoms with Crippen molar-refractivity contribution in [2.75, 3.05) is 31.6 Å². The van der Waals surface area contributed by atoms with Gasteiger partial charge in [0.25, 0.3) is 0 Å². The molecule has 0 unspecified atom stereocenters. The smallest absolute Gasteiger partial charge is 0.322 e. The average molecular weight is 499 g/mol. The average Bonchev–Trinajstić information content (AvgIpc) is 3.32. The number of aromatic amines is 1. The second kappa shape index (κ2) is 10.8. The number of anilines is 1. The Labute approximate surface area is 206 Å². The van der Waals surface area contributed by atoms with Gasteiger partial charge in [-0.05, 0) is 43.7 Å². The van der Waals surface area contributed by atoms with E-state index in [1.807, 2.05) is 6.92 Å². The highest BCUT2D eigenvalue weighted by molar-refractivity contribution is 5.82. The number of nitrogens with zero attached hydrogens (tertiary/aromatic N) is 3. The Hall–Kier alpha value is -3.90. The fraction of sp³-hybridized carbons (Fsp3) is 0.375. The summed E-state index contributed by atoms with van der Waals surface area (Å²) in [7, 11) is 0. The van der Waals surface area contributed by atoms with Crippen LogP contribution in [0.25, 0.3) is 22.6 Å². The molecule has 0 spiro atoms. The van der Waals surface area contributed by atoms with Crippen molar-refractivity contribution in [1.82, 2.24) is 25.3 Å². The number of carboxylic acid groups (broad SMARTS) is 1. The van der Waals surface area contributed by atoms with Gasteiger partial charge >= 0.3 is 5.97 Å². The molecule has 1 aliphatic rings. The van der Waals surface area contributed by atoms with E-state index in [4.69, 9.17) is 14.6 Å². The number of amides is 1. The first-order valence-corrected chi connectivity index (χ1v) is 11.5. The lowest BCUT2D eigenvalue weighted by Crippen LogP contribution is -2.48.